The van der Waals surface area contributed by atoms with Crippen molar-refractivity contribution in [2.45, 2.75) is 44.8 Å². The summed E-state index contributed by atoms with van der Waals surface area (Å²) in [5.41, 5.74) is 2.64. The molecule has 1 aromatic carbocycles. The van der Waals surface area contributed by atoms with Gasteiger partial charge in [-0.1, -0.05) is 12.1 Å². The quantitative estimate of drug-likeness (QED) is 0.826. The normalized spacial score (nSPS) is 20.9. The molecular weight excluding hydrogens is 318 g/mol. The van der Waals surface area contributed by atoms with Crippen molar-refractivity contribution in [3.8, 4) is 0 Å². The van der Waals surface area contributed by atoms with Gasteiger partial charge in [-0.25, -0.2) is 0 Å². The zero-order chi connectivity index (χ0) is 16.8. The maximum absolute atomic E-state index is 5.63. The standard InChI is InChI=1S/C19H29N3OS/c1-21(19(24)20-14-18-6-5-13-23-18)15-16-7-9-17(10-8-16)22-11-3-2-4-12-22/h7-10,18H,2-6,11-15H2,1H3,(H,20,24)/t18-/m1/s1. The second-order valence-electron chi connectivity index (χ2n) is 6.89. The fourth-order valence-electron chi connectivity index (χ4n) is 3.45. The first-order chi connectivity index (χ1) is 11.7. The van der Waals surface area contributed by atoms with Crippen molar-refractivity contribution in [1.82, 2.24) is 10.2 Å². The van der Waals surface area contributed by atoms with E-state index in [1.807, 2.05) is 7.05 Å². The number of nitrogens with zero attached hydrogens (tertiary/aromatic N) is 2. The largest absolute Gasteiger partial charge is 0.376 e. The topological polar surface area (TPSA) is 27.7 Å². The van der Waals surface area contributed by atoms with E-state index in [4.69, 9.17) is 17.0 Å². The van der Waals surface area contributed by atoms with Gasteiger partial charge in [0.1, 0.15) is 0 Å². The maximum Gasteiger partial charge on any atom is 0.169 e. The fraction of sp³-hybridized carbons (Fsp3) is 0.632. The van der Waals surface area contributed by atoms with E-state index < -0.39 is 0 Å². The van der Waals surface area contributed by atoms with Gasteiger partial charge in [0.2, 0.25) is 0 Å². The summed E-state index contributed by atoms with van der Waals surface area (Å²) < 4.78 is 5.63. The first-order valence-corrected chi connectivity index (χ1v) is 9.57. The van der Waals surface area contributed by atoms with Crippen LogP contribution in [0.4, 0.5) is 5.69 Å². The van der Waals surface area contributed by atoms with E-state index in [0.717, 1.165) is 37.7 Å². The Balaban J connectivity index is 1.46. The second kappa shape index (κ2) is 8.67. The van der Waals surface area contributed by atoms with Crippen LogP contribution in [0.3, 0.4) is 0 Å². The number of piperidine rings is 1. The van der Waals surface area contributed by atoms with Crippen LogP contribution < -0.4 is 10.2 Å². The van der Waals surface area contributed by atoms with Gasteiger partial charge in [-0.05, 0) is 62.0 Å². The molecule has 0 aromatic heterocycles. The number of ether oxygens (including phenoxy) is 1. The summed E-state index contributed by atoms with van der Waals surface area (Å²) >= 11 is 5.49. The predicted molar refractivity (Wildman–Crippen MR) is 104 cm³/mol. The number of benzene rings is 1. The zero-order valence-corrected chi connectivity index (χ0v) is 15.5. The lowest BCUT2D eigenvalue weighted by atomic mass is 10.1. The predicted octanol–water partition coefficient (Wildman–Crippen LogP) is 3.16. The molecule has 2 aliphatic rings. The lowest BCUT2D eigenvalue weighted by Gasteiger charge is -2.29. The molecule has 2 aliphatic heterocycles. The highest BCUT2D eigenvalue weighted by Gasteiger charge is 2.16. The minimum atomic E-state index is 0.320. The Labute approximate surface area is 151 Å². The molecule has 0 amide bonds. The number of thiocarbonyl (C=S) groups is 1. The molecule has 0 spiro atoms. The van der Waals surface area contributed by atoms with Crippen LogP contribution in [0.5, 0.6) is 0 Å². The lowest BCUT2D eigenvalue weighted by Crippen LogP contribution is -2.40. The smallest absolute Gasteiger partial charge is 0.169 e. The molecule has 3 rings (SSSR count). The molecule has 1 N–H and O–H groups in total. The average Bonchev–Trinajstić information content (AvgIpc) is 3.14. The summed E-state index contributed by atoms with van der Waals surface area (Å²) in [6, 6.07) is 8.95. The van der Waals surface area contributed by atoms with Crippen LogP contribution in [0.2, 0.25) is 0 Å². The Bertz CT molecular complexity index is 522. The van der Waals surface area contributed by atoms with Crippen LogP contribution in [0, 0.1) is 0 Å². The van der Waals surface area contributed by atoms with E-state index in [1.165, 1.54) is 43.6 Å². The van der Waals surface area contributed by atoms with Crippen molar-refractivity contribution >= 4 is 23.0 Å². The Hall–Kier alpha value is -1.33. The molecule has 24 heavy (non-hydrogen) atoms. The summed E-state index contributed by atoms with van der Waals surface area (Å²) in [5, 5.41) is 4.13. The molecule has 0 radical (unpaired) electrons. The first-order valence-electron chi connectivity index (χ1n) is 9.17. The molecule has 1 atom stereocenters. The third-order valence-electron chi connectivity index (χ3n) is 4.93. The SMILES string of the molecule is CN(Cc1ccc(N2CCCCC2)cc1)C(=S)NC[C@H]1CCCO1. The number of hydrogen-bond donors (Lipinski definition) is 1. The molecule has 2 fully saturated rings. The van der Waals surface area contributed by atoms with Crippen molar-refractivity contribution in [3.05, 3.63) is 29.8 Å². The van der Waals surface area contributed by atoms with Gasteiger partial charge >= 0.3 is 0 Å². The Kier molecular flexibility index (Phi) is 6.32. The van der Waals surface area contributed by atoms with Gasteiger partial charge in [-0.15, -0.1) is 0 Å². The summed E-state index contributed by atoms with van der Waals surface area (Å²) in [6.45, 7) is 4.92. The van der Waals surface area contributed by atoms with Crippen LogP contribution >= 0.6 is 12.2 Å². The average molecular weight is 348 g/mol. The van der Waals surface area contributed by atoms with Gasteiger partial charge in [-0.3, -0.25) is 0 Å². The monoisotopic (exact) mass is 347 g/mol. The highest BCUT2D eigenvalue weighted by molar-refractivity contribution is 7.80. The minimum Gasteiger partial charge on any atom is -0.376 e. The van der Waals surface area contributed by atoms with Crippen LogP contribution in [0.15, 0.2) is 24.3 Å². The van der Waals surface area contributed by atoms with Gasteiger partial charge in [0.05, 0.1) is 6.10 Å². The molecule has 132 valence electrons. The van der Waals surface area contributed by atoms with Crippen LogP contribution in [-0.4, -0.2) is 49.4 Å². The molecule has 2 heterocycles. The minimum absolute atomic E-state index is 0.320. The molecular formula is C19H29N3OS. The van der Waals surface area contributed by atoms with Gasteiger partial charge in [0, 0.05) is 45.5 Å². The number of nitrogens with one attached hydrogen (secondary N) is 1. The van der Waals surface area contributed by atoms with Crippen molar-refractivity contribution < 1.29 is 4.74 Å². The van der Waals surface area contributed by atoms with E-state index >= 15 is 0 Å². The molecule has 2 saturated heterocycles. The van der Waals surface area contributed by atoms with Gasteiger partial charge in [-0.2, -0.15) is 0 Å². The summed E-state index contributed by atoms with van der Waals surface area (Å²) in [6.07, 6.45) is 6.62. The van der Waals surface area contributed by atoms with Crippen molar-refractivity contribution in [2.75, 3.05) is 38.2 Å². The first kappa shape index (κ1) is 17.5. The Morgan fingerprint density at radius 3 is 2.62 bits per heavy atom. The molecule has 1 aromatic rings. The second-order valence-corrected chi connectivity index (χ2v) is 7.28. The van der Waals surface area contributed by atoms with E-state index in [0.29, 0.717) is 6.10 Å². The number of rotatable bonds is 5. The summed E-state index contributed by atoms with van der Waals surface area (Å²) in [7, 11) is 2.05. The van der Waals surface area contributed by atoms with Crippen LogP contribution in [0.1, 0.15) is 37.7 Å². The molecule has 0 aliphatic carbocycles. The zero-order valence-electron chi connectivity index (χ0n) is 14.7. The number of anilines is 1. The number of hydrogen-bond acceptors (Lipinski definition) is 3. The molecule has 4 nitrogen and oxygen atoms in total. The summed E-state index contributed by atoms with van der Waals surface area (Å²) in [4.78, 5) is 4.59. The van der Waals surface area contributed by atoms with Gasteiger partial charge in [0.25, 0.3) is 0 Å². The maximum atomic E-state index is 5.63. The van der Waals surface area contributed by atoms with E-state index in [1.54, 1.807) is 0 Å². The Morgan fingerprint density at radius 1 is 1.21 bits per heavy atom. The van der Waals surface area contributed by atoms with Crippen molar-refractivity contribution in [3.63, 3.8) is 0 Å². The van der Waals surface area contributed by atoms with Gasteiger partial charge in [0.15, 0.2) is 5.11 Å². The third-order valence-corrected chi connectivity index (χ3v) is 5.38. The van der Waals surface area contributed by atoms with E-state index in [9.17, 15) is 0 Å². The molecule has 0 unspecified atom stereocenters. The van der Waals surface area contributed by atoms with E-state index in [2.05, 4.69) is 39.4 Å². The summed E-state index contributed by atoms with van der Waals surface area (Å²) in [5.74, 6) is 0. The molecule has 0 saturated carbocycles. The highest BCUT2D eigenvalue weighted by atomic mass is 32.1. The van der Waals surface area contributed by atoms with Gasteiger partial charge < -0.3 is 19.9 Å². The molecule has 0 bridgehead atoms. The van der Waals surface area contributed by atoms with Crippen molar-refractivity contribution in [2.24, 2.45) is 0 Å². The molecule has 5 heteroatoms. The lowest BCUT2D eigenvalue weighted by molar-refractivity contribution is 0.113. The Morgan fingerprint density at radius 2 is 1.96 bits per heavy atom. The third kappa shape index (κ3) is 4.84. The van der Waals surface area contributed by atoms with Crippen LogP contribution in [0.25, 0.3) is 0 Å². The van der Waals surface area contributed by atoms with E-state index in [-0.39, 0.29) is 0 Å². The highest BCUT2D eigenvalue weighted by Crippen LogP contribution is 2.20. The fourth-order valence-corrected chi connectivity index (χ4v) is 3.60. The van der Waals surface area contributed by atoms with Crippen molar-refractivity contribution in [1.29, 1.82) is 0 Å². The van der Waals surface area contributed by atoms with Crippen LogP contribution in [-0.2, 0) is 11.3 Å².